The van der Waals surface area contributed by atoms with Crippen molar-refractivity contribution in [2.45, 2.75) is 19.3 Å². The molecule has 6 heteroatoms. The molecule has 4 nitrogen and oxygen atoms in total. The van der Waals surface area contributed by atoms with E-state index in [0.717, 1.165) is 0 Å². The Morgan fingerprint density at radius 1 is 1.05 bits per heavy atom. The van der Waals surface area contributed by atoms with Crippen molar-refractivity contribution in [1.29, 1.82) is 0 Å². The molecule has 2 atom stereocenters. The second-order valence-electron chi connectivity index (χ2n) is 5.56. The minimum Gasteiger partial charge on any atom is -0.325 e. The van der Waals surface area contributed by atoms with E-state index in [2.05, 4.69) is 5.32 Å². The number of rotatable bonds is 2. The minimum atomic E-state index is -1.18. The first-order valence-corrected chi connectivity index (χ1v) is 7.56. The molecule has 1 amide bonds. The van der Waals surface area contributed by atoms with Crippen LogP contribution in [0.5, 0.6) is 0 Å². The van der Waals surface area contributed by atoms with Crippen LogP contribution in [0.2, 0.25) is 10.0 Å². The molecule has 1 aromatic rings. The lowest BCUT2D eigenvalue weighted by Crippen LogP contribution is -2.43. The van der Waals surface area contributed by atoms with E-state index in [0.29, 0.717) is 35.0 Å². The molecule has 0 heterocycles. The van der Waals surface area contributed by atoms with Crippen LogP contribution in [0.3, 0.4) is 0 Å². The van der Waals surface area contributed by atoms with E-state index in [4.69, 9.17) is 23.2 Å². The number of nitrogens with one attached hydrogen (secondary N) is 1. The Morgan fingerprint density at radius 3 is 2.24 bits per heavy atom. The summed E-state index contributed by atoms with van der Waals surface area (Å²) in [7, 11) is 0. The Morgan fingerprint density at radius 2 is 1.67 bits per heavy atom. The topological polar surface area (TPSA) is 63.2 Å². The summed E-state index contributed by atoms with van der Waals surface area (Å²) in [5.41, 5.74) is 0.424. The fraction of sp³-hybridized carbons (Fsp3) is 0.400. The van der Waals surface area contributed by atoms with Gasteiger partial charge in [-0.25, -0.2) is 0 Å². The second-order valence-corrected chi connectivity index (χ2v) is 6.38. The van der Waals surface area contributed by atoms with Gasteiger partial charge in [-0.05, 0) is 37.5 Å². The third-order valence-corrected chi connectivity index (χ3v) is 4.99. The van der Waals surface area contributed by atoms with Crippen molar-refractivity contribution in [3.8, 4) is 0 Å². The van der Waals surface area contributed by atoms with Gasteiger partial charge in [0.1, 0.15) is 0 Å². The summed E-state index contributed by atoms with van der Waals surface area (Å²) in [5, 5.41) is 3.26. The molecule has 1 N–H and O–H groups in total. The molecule has 2 bridgehead atoms. The summed E-state index contributed by atoms with van der Waals surface area (Å²) in [6, 6.07) is 4.63. The van der Waals surface area contributed by atoms with Crippen LogP contribution < -0.4 is 5.32 Å². The van der Waals surface area contributed by atoms with E-state index in [9.17, 15) is 14.4 Å². The quantitative estimate of drug-likeness (QED) is 0.850. The van der Waals surface area contributed by atoms with Crippen molar-refractivity contribution in [2.24, 2.45) is 17.8 Å². The lowest BCUT2D eigenvalue weighted by Gasteiger charge is -2.24. The zero-order chi connectivity index (χ0) is 15.1. The molecule has 2 unspecified atom stereocenters. The normalized spacial score (nSPS) is 27.8. The Balaban J connectivity index is 1.80. The Hall–Kier alpha value is -1.39. The monoisotopic (exact) mass is 325 g/mol. The lowest BCUT2D eigenvalue weighted by atomic mass is 9.78. The van der Waals surface area contributed by atoms with Crippen LogP contribution in [0.4, 0.5) is 5.69 Å². The smallest absolute Gasteiger partial charge is 0.242 e. The van der Waals surface area contributed by atoms with Gasteiger partial charge in [-0.3, -0.25) is 14.4 Å². The van der Waals surface area contributed by atoms with Crippen LogP contribution in [-0.2, 0) is 14.4 Å². The Bertz CT molecular complexity index is 622. The first kappa shape index (κ1) is 14.5. The molecular weight excluding hydrogens is 313 g/mol. The van der Waals surface area contributed by atoms with Gasteiger partial charge in [-0.2, -0.15) is 0 Å². The third-order valence-electron chi connectivity index (χ3n) is 4.26. The van der Waals surface area contributed by atoms with E-state index in [1.54, 1.807) is 12.1 Å². The third kappa shape index (κ3) is 2.58. The summed E-state index contributed by atoms with van der Waals surface area (Å²) in [6.07, 6.45) is 2.03. The van der Waals surface area contributed by atoms with E-state index < -0.39 is 11.8 Å². The number of ketones is 2. The van der Waals surface area contributed by atoms with Crippen molar-refractivity contribution >= 4 is 46.4 Å². The van der Waals surface area contributed by atoms with Gasteiger partial charge >= 0.3 is 0 Å². The highest BCUT2D eigenvalue weighted by Crippen LogP contribution is 2.40. The highest BCUT2D eigenvalue weighted by Gasteiger charge is 2.49. The summed E-state index contributed by atoms with van der Waals surface area (Å²) >= 11 is 11.7. The molecule has 21 heavy (non-hydrogen) atoms. The number of halogens is 2. The molecule has 0 saturated heterocycles. The Labute approximate surface area is 131 Å². The first-order chi connectivity index (χ1) is 9.97. The number of amides is 1. The minimum absolute atomic E-state index is 0.141. The van der Waals surface area contributed by atoms with Gasteiger partial charge in [0, 0.05) is 17.5 Å². The van der Waals surface area contributed by atoms with E-state index >= 15 is 0 Å². The fourth-order valence-electron chi connectivity index (χ4n) is 3.16. The van der Waals surface area contributed by atoms with Crippen LogP contribution in [0.25, 0.3) is 0 Å². The number of hydrogen-bond acceptors (Lipinski definition) is 3. The van der Waals surface area contributed by atoms with Gasteiger partial charge in [0.2, 0.25) is 5.91 Å². The van der Waals surface area contributed by atoms with Crippen LogP contribution >= 0.6 is 23.2 Å². The maximum atomic E-state index is 12.3. The number of hydrogen-bond donors (Lipinski definition) is 1. The van der Waals surface area contributed by atoms with E-state index in [1.165, 1.54) is 6.07 Å². The van der Waals surface area contributed by atoms with Crippen molar-refractivity contribution in [3.05, 3.63) is 28.2 Å². The maximum absolute atomic E-state index is 12.3. The molecule has 3 rings (SSSR count). The molecule has 2 saturated carbocycles. The highest BCUT2D eigenvalue weighted by atomic mass is 35.5. The van der Waals surface area contributed by atoms with Crippen LogP contribution in [-0.4, -0.2) is 17.5 Å². The standard InChI is InChI=1S/C15H13Cl2NO3/c16-10-4-3-9(6-11(10)17)18-15(21)12-13(19)7-1-2-8(5-7)14(12)20/h3-4,6-8,12H,1-2,5H2,(H,18,21). The van der Waals surface area contributed by atoms with Gasteiger partial charge in [-0.15, -0.1) is 0 Å². The molecule has 2 aliphatic rings. The van der Waals surface area contributed by atoms with Crippen molar-refractivity contribution in [2.75, 3.05) is 5.32 Å². The number of carbonyl (C=O) groups is 3. The number of Topliss-reactive ketones (excluding diaryl/α,β-unsaturated/α-hetero) is 2. The average Bonchev–Trinajstić information content (AvgIpc) is 2.88. The number of carbonyl (C=O) groups excluding carboxylic acids is 3. The van der Waals surface area contributed by atoms with Gasteiger partial charge in [-0.1, -0.05) is 23.2 Å². The fourth-order valence-corrected chi connectivity index (χ4v) is 3.45. The van der Waals surface area contributed by atoms with Gasteiger partial charge in [0.05, 0.1) is 10.0 Å². The molecule has 1 aromatic carbocycles. The Kier molecular flexibility index (Phi) is 3.76. The predicted molar refractivity (Wildman–Crippen MR) is 79.4 cm³/mol. The summed E-state index contributed by atoms with van der Waals surface area (Å²) < 4.78 is 0. The number of fused-ring (bicyclic) bond motifs is 2. The predicted octanol–water partition coefficient (Wildman–Crippen LogP) is 3.12. The summed E-state index contributed by atoms with van der Waals surface area (Å²) in [6.45, 7) is 0. The summed E-state index contributed by atoms with van der Waals surface area (Å²) in [5.74, 6) is -2.52. The van der Waals surface area contributed by atoms with Crippen molar-refractivity contribution in [1.82, 2.24) is 0 Å². The molecule has 0 aliphatic heterocycles. The lowest BCUT2D eigenvalue weighted by molar-refractivity contribution is -0.144. The highest BCUT2D eigenvalue weighted by molar-refractivity contribution is 6.42. The molecule has 0 spiro atoms. The number of benzene rings is 1. The zero-order valence-electron chi connectivity index (χ0n) is 11.1. The van der Waals surface area contributed by atoms with Crippen molar-refractivity contribution < 1.29 is 14.4 Å². The molecule has 110 valence electrons. The largest absolute Gasteiger partial charge is 0.325 e. The average molecular weight is 326 g/mol. The molecule has 2 fully saturated rings. The zero-order valence-corrected chi connectivity index (χ0v) is 12.6. The molecular formula is C15H13Cl2NO3. The van der Waals surface area contributed by atoms with Gasteiger partial charge < -0.3 is 5.32 Å². The maximum Gasteiger partial charge on any atom is 0.242 e. The van der Waals surface area contributed by atoms with Crippen LogP contribution in [0.1, 0.15) is 19.3 Å². The summed E-state index contributed by atoms with van der Waals surface area (Å²) in [4.78, 5) is 36.7. The van der Waals surface area contributed by atoms with Crippen LogP contribution in [0.15, 0.2) is 18.2 Å². The van der Waals surface area contributed by atoms with Crippen LogP contribution in [0, 0.1) is 17.8 Å². The van der Waals surface area contributed by atoms with Crippen molar-refractivity contribution in [3.63, 3.8) is 0 Å². The van der Waals surface area contributed by atoms with Gasteiger partial charge in [0.15, 0.2) is 17.5 Å². The SMILES string of the molecule is O=C(Nc1ccc(Cl)c(Cl)c1)C1C(=O)C2CCC(C2)C1=O. The first-order valence-electron chi connectivity index (χ1n) is 6.80. The molecule has 0 aromatic heterocycles. The van der Waals surface area contributed by atoms with E-state index in [1.807, 2.05) is 0 Å². The number of anilines is 1. The second kappa shape index (κ2) is 5.43. The van der Waals surface area contributed by atoms with Gasteiger partial charge in [0.25, 0.3) is 0 Å². The molecule has 0 radical (unpaired) electrons. The molecule has 2 aliphatic carbocycles. The van der Waals surface area contributed by atoms with E-state index in [-0.39, 0.29) is 23.4 Å².